The van der Waals surface area contributed by atoms with Crippen LogP contribution in [0.4, 0.5) is 5.69 Å². The number of carbonyl (C=O) groups is 1. The minimum Gasteiger partial charge on any atom is -0.311 e. The van der Waals surface area contributed by atoms with Gasteiger partial charge in [0.2, 0.25) is 5.91 Å². The summed E-state index contributed by atoms with van der Waals surface area (Å²) < 4.78 is 0. The lowest BCUT2D eigenvalue weighted by Gasteiger charge is -2.31. The molecule has 98 valence electrons. The predicted octanol–water partition coefficient (Wildman–Crippen LogP) is 3.50. The fraction of sp³-hybridized carbons (Fsp3) is 0.533. The second-order valence-corrected chi connectivity index (χ2v) is 6.14. The molecule has 0 radical (unpaired) electrons. The van der Waals surface area contributed by atoms with Gasteiger partial charge in [-0.2, -0.15) is 0 Å². The van der Waals surface area contributed by atoms with E-state index in [4.69, 9.17) is 11.6 Å². The maximum Gasteiger partial charge on any atom is 0.241 e. The number of anilines is 1. The monoisotopic (exact) mass is 265 g/mol. The maximum absolute atomic E-state index is 11.8. The summed E-state index contributed by atoms with van der Waals surface area (Å²) in [5.41, 5.74) is 3.78. The van der Waals surface area contributed by atoms with Crippen LogP contribution in [0.1, 0.15) is 38.3 Å². The predicted molar refractivity (Wildman–Crippen MR) is 76.5 cm³/mol. The molecule has 0 saturated carbocycles. The molecule has 2 rings (SSSR count). The fourth-order valence-corrected chi connectivity index (χ4v) is 2.54. The first-order chi connectivity index (χ1) is 8.43. The Labute approximate surface area is 114 Å². The maximum atomic E-state index is 11.8. The molecular weight excluding hydrogens is 246 g/mol. The van der Waals surface area contributed by atoms with Gasteiger partial charge in [0.05, 0.1) is 0 Å². The lowest BCUT2D eigenvalue weighted by molar-refractivity contribution is -0.116. The molecule has 0 spiro atoms. The van der Waals surface area contributed by atoms with Crippen molar-refractivity contribution in [1.82, 2.24) is 0 Å². The Hall–Kier alpha value is -1.02. The summed E-state index contributed by atoms with van der Waals surface area (Å²) >= 11 is 5.66. The lowest BCUT2D eigenvalue weighted by Crippen LogP contribution is -2.36. The third kappa shape index (κ3) is 2.54. The molecule has 0 N–H and O–H groups in total. The summed E-state index contributed by atoms with van der Waals surface area (Å²) in [6, 6.07) is 6.43. The molecule has 0 bridgehead atoms. The minimum atomic E-state index is 0.00104. The van der Waals surface area contributed by atoms with E-state index in [1.54, 1.807) is 0 Å². The highest BCUT2D eigenvalue weighted by molar-refractivity contribution is 6.29. The average molecular weight is 266 g/mol. The van der Waals surface area contributed by atoms with Crippen molar-refractivity contribution in [2.45, 2.75) is 39.0 Å². The highest BCUT2D eigenvalue weighted by Crippen LogP contribution is 2.32. The van der Waals surface area contributed by atoms with Gasteiger partial charge >= 0.3 is 0 Å². The van der Waals surface area contributed by atoms with Gasteiger partial charge in [0, 0.05) is 12.2 Å². The Kier molecular flexibility index (Phi) is 3.67. The molecule has 1 amide bonds. The minimum absolute atomic E-state index is 0.00104. The van der Waals surface area contributed by atoms with Gasteiger partial charge in [-0.05, 0) is 35.4 Å². The van der Waals surface area contributed by atoms with E-state index < -0.39 is 0 Å². The Morgan fingerprint density at radius 1 is 1.39 bits per heavy atom. The molecule has 0 unspecified atom stereocenters. The van der Waals surface area contributed by atoms with Crippen molar-refractivity contribution in [3.63, 3.8) is 0 Å². The van der Waals surface area contributed by atoms with Crippen molar-refractivity contribution < 1.29 is 4.79 Å². The number of nitrogens with zero attached hydrogens (tertiary/aromatic N) is 1. The number of carbonyl (C=O) groups excluding carboxylic acids is 1. The number of rotatable bonds is 1. The molecule has 2 nitrogen and oxygen atoms in total. The van der Waals surface area contributed by atoms with Crippen LogP contribution in [0.2, 0.25) is 0 Å². The summed E-state index contributed by atoms with van der Waals surface area (Å²) in [5, 5.41) is 0. The zero-order valence-electron chi connectivity index (χ0n) is 11.3. The first-order valence-electron chi connectivity index (χ1n) is 6.43. The van der Waals surface area contributed by atoms with Gasteiger partial charge in [-0.1, -0.05) is 32.9 Å². The lowest BCUT2D eigenvalue weighted by atomic mass is 9.84. The number of hydrogen-bond donors (Lipinski definition) is 0. The second-order valence-electron chi connectivity index (χ2n) is 5.88. The van der Waals surface area contributed by atoms with E-state index >= 15 is 0 Å². The Morgan fingerprint density at radius 2 is 2.11 bits per heavy atom. The molecule has 0 atom stereocenters. The van der Waals surface area contributed by atoms with Crippen molar-refractivity contribution in [2.24, 2.45) is 0 Å². The third-order valence-electron chi connectivity index (χ3n) is 3.48. The molecular formula is C15H20ClNO. The van der Waals surface area contributed by atoms with Gasteiger partial charge in [-0.3, -0.25) is 4.79 Å². The number of fused-ring (bicyclic) bond motifs is 1. The molecule has 1 heterocycles. The first-order valence-corrected chi connectivity index (χ1v) is 6.96. The van der Waals surface area contributed by atoms with Crippen LogP contribution >= 0.6 is 11.6 Å². The molecule has 1 aromatic carbocycles. The van der Waals surface area contributed by atoms with Gasteiger partial charge in [-0.25, -0.2) is 0 Å². The molecule has 1 aliphatic rings. The summed E-state index contributed by atoms with van der Waals surface area (Å²) in [4.78, 5) is 13.6. The average Bonchev–Trinajstić information content (AvgIpc) is 2.35. The topological polar surface area (TPSA) is 20.3 Å². The molecule has 0 saturated heterocycles. The Balaban J connectivity index is 2.40. The van der Waals surface area contributed by atoms with Gasteiger partial charge in [-0.15, -0.1) is 11.6 Å². The largest absolute Gasteiger partial charge is 0.311 e. The zero-order chi connectivity index (χ0) is 13.3. The van der Waals surface area contributed by atoms with E-state index in [2.05, 4.69) is 39.0 Å². The quantitative estimate of drug-likeness (QED) is 0.712. The molecule has 18 heavy (non-hydrogen) atoms. The van der Waals surface area contributed by atoms with Gasteiger partial charge in [0.1, 0.15) is 5.88 Å². The number of aryl methyl sites for hydroxylation is 1. The normalized spacial score (nSPS) is 15.4. The second kappa shape index (κ2) is 4.93. The van der Waals surface area contributed by atoms with Gasteiger partial charge in [0.25, 0.3) is 0 Å². The molecule has 0 aliphatic carbocycles. The fourth-order valence-electron chi connectivity index (χ4n) is 2.39. The van der Waals surface area contributed by atoms with E-state index in [-0.39, 0.29) is 17.2 Å². The van der Waals surface area contributed by atoms with E-state index in [1.165, 1.54) is 11.1 Å². The van der Waals surface area contributed by atoms with Crippen LogP contribution in [0, 0.1) is 0 Å². The number of alkyl halides is 1. The summed E-state index contributed by atoms with van der Waals surface area (Å²) in [7, 11) is 0. The van der Waals surface area contributed by atoms with Crippen LogP contribution in [-0.4, -0.2) is 18.3 Å². The highest BCUT2D eigenvalue weighted by Gasteiger charge is 2.23. The zero-order valence-corrected chi connectivity index (χ0v) is 12.0. The van der Waals surface area contributed by atoms with Crippen molar-refractivity contribution in [3.05, 3.63) is 29.3 Å². The summed E-state index contributed by atoms with van der Waals surface area (Å²) in [6.07, 6.45) is 2.06. The van der Waals surface area contributed by atoms with Crippen LogP contribution < -0.4 is 4.90 Å². The Morgan fingerprint density at radius 3 is 2.72 bits per heavy atom. The molecule has 3 heteroatoms. The summed E-state index contributed by atoms with van der Waals surface area (Å²) in [5.74, 6) is 0.0571. The Bertz CT molecular complexity index is 462. The van der Waals surface area contributed by atoms with E-state index in [0.29, 0.717) is 0 Å². The van der Waals surface area contributed by atoms with Crippen molar-refractivity contribution in [1.29, 1.82) is 0 Å². The molecule has 1 aromatic rings. The number of halogens is 1. The van der Waals surface area contributed by atoms with Gasteiger partial charge in [0.15, 0.2) is 0 Å². The number of amides is 1. The summed E-state index contributed by atoms with van der Waals surface area (Å²) in [6.45, 7) is 7.41. The van der Waals surface area contributed by atoms with Crippen LogP contribution in [0.5, 0.6) is 0 Å². The molecule has 1 aliphatic heterocycles. The van der Waals surface area contributed by atoms with Gasteiger partial charge < -0.3 is 4.90 Å². The smallest absolute Gasteiger partial charge is 0.241 e. The number of benzene rings is 1. The van der Waals surface area contributed by atoms with Crippen LogP contribution in [-0.2, 0) is 16.6 Å². The van der Waals surface area contributed by atoms with E-state index in [1.807, 2.05) is 4.90 Å². The third-order valence-corrected chi connectivity index (χ3v) is 3.71. The molecule has 0 aromatic heterocycles. The van der Waals surface area contributed by atoms with Crippen LogP contribution in [0.3, 0.4) is 0 Å². The van der Waals surface area contributed by atoms with E-state index in [9.17, 15) is 4.79 Å². The van der Waals surface area contributed by atoms with Crippen molar-refractivity contribution >= 4 is 23.2 Å². The molecule has 0 fully saturated rings. The number of hydrogen-bond acceptors (Lipinski definition) is 1. The van der Waals surface area contributed by atoms with Crippen molar-refractivity contribution in [3.8, 4) is 0 Å². The van der Waals surface area contributed by atoms with Crippen LogP contribution in [0.15, 0.2) is 18.2 Å². The van der Waals surface area contributed by atoms with Crippen molar-refractivity contribution in [2.75, 3.05) is 17.3 Å². The van der Waals surface area contributed by atoms with Crippen LogP contribution in [0.25, 0.3) is 0 Å². The first kappa shape index (κ1) is 13.4. The standard InChI is InChI=1S/C15H20ClNO/c1-15(2,3)12-6-7-13-11(9-12)5-4-8-17(13)14(18)10-16/h6-7,9H,4-5,8,10H2,1-3H3. The van der Waals surface area contributed by atoms with E-state index in [0.717, 1.165) is 25.1 Å². The highest BCUT2D eigenvalue weighted by atomic mass is 35.5. The SMILES string of the molecule is CC(C)(C)c1ccc2c(c1)CCCN2C(=O)CCl.